The third-order valence-corrected chi connectivity index (χ3v) is 5.84. The Balaban J connectivity index is 2.08. The van der Waals surface area contributed by atoms with E-state index in [1.807, 2.05) is 82.3 Å². The SMILES string of the molecule is C/C=C\C=C(/C)C(CCNCCF)Oc1cccc(N(C)CCN(C)c2nc(NCC)ncc2C=O)c1. The van der Waals surface area contributed by atoms with Crippen LogP contribution in [0.25, 0.3) is 0 Å². The molecule has 0 amide bonds. The number of rotatable bonds is 17. The maximum atomic E-state index is 12.5. The summed E-state index contributed by atoms with van der Waals surface area (Å²) in [5.41, 5.74) is 2.57. The summed E-state index contributed by atoms with van der Waals surface area (Å²) in [6.07, 6.45) is 8.96. The zero-order valence-electron chi connectivity index (χ0n) is 22.7. The fourth-order valence-electron chi connectivity index (χ4n) is 3.67. The topological polar surface area (TPSA) is 82.6 Å². The van der Waals surface area contributed by atoms with Crippen molar-refractivity contribution in [2.75, 3.05) is 68.6 Å². The van der Waals surface area contributed by atoms with Crippen molar-refractivity contribution in [3.8, 4) is 5.75 Å². The summed E-state index contributed by atoms with van der Waals surface area (Å²) < 4.78 is 18.8. The van der Waals surface area contributed by atoms with E-state index < -0.39 is 0 Å². The number of hydrogen-bond donors (Lipinski definition) is 2. The van der Waals surface area contributed by atoms with Gasteiger partial charge >= 0.3 is 0 Å². The molecule has 1 heterocycles. The lowest BCUT2D eigenvalue weighted by Gasteiger charge is -2.26. The molecule has 0 spiro atoms. The van der Waals surface area contributed by atoms with Crippen molar-refractivity contribution in [3.63, 3.8) is 0 Å². The number of ether oxygens (including phenoxy) is 1. The Morgan fingerprint density at radius 2 is 2.00 bits per heavy atom. The van der Waals surface area contributed by atoms with Crippen molar-refractivity contribution in [3.05, 3.63) is 59.8 Å². The Labute approximate surface area is 220 Å². The molecule has 9 heteroatoms. The van der Waals surface area contributed by atoms with E-state index in [9.17, 15) is 9.18 Å². The number of aromatic nitrogens is 2. The summed E-state index contributed by atoms with van der Waals surface area (Å²) in [6.45, 7) is 8.69. The molecular formula is C28H41FN6O2. The third-order valence-electron chi connectivity index (χ3n) is 5.84. The largest absolute Gasteiger partial charge is 0.486 e. The molecule has 37 heavy (non-hydrogen) atoms. The summed E-state index contributed by atoms with van der Waals surface area (Å²) in [6, 6.07) is 7.99. The fourth-order valence-corrected chi connectivity index (χ4v) is 3.67. The first kappa shape index (κ1) is 29.8. The van der Waals surface area contributed by atoms with Gasteiger partial charge in [0.25, 0.3) is 0 Å². The second-order valence-corrected chi connectivity index (χ2v) is 8.73. The highest BCUT2D eigenvalue weighted by molar-refractivity contribution is 5.82. The predicted molar refractivity (Wildman–Crippen MR) is 151 cm³/mol. The van der Waals surface area contributed by atoms with Crippen LogP contribution in [0.2, 0.25) is 0 Å². The average molecular weight is 513 g/mol. The molecule has 0 fully saturated rings. The molecule has 0 aliphatic heterocycles. The highest BCUT2D eigenvalue weighted by atomic mass is 19.1. The van der Waals surface area contributed by atoms with E-state index in [0.29, 0.717) is 50.1 Å². The number of benzene rings is 1. The number of alkyl halides is 1. The first-order valence-electron chi connectivity index (χ1n) is 12.7. The molecule has 8 nitrogen and oxygen atoms in total. The van der Waals surface area contributed by atoms with Crippen LogP contribution in [0.3, 0.4) is 0 Å². The normalized spacial score (nSPS) is 12.4. The summed E-state index contributed by atoms with van der Waals surface area (Å²) in [5, 5.41) is 6.19. The monoisotopic (exact) mass is 512 g/mol. The van der Waals surface area contributed by atoms with E-state index in [1.165, 1.54) is 0 Å². The van der Waals surface area contributed by atoms with E-state index in [0.717, 1.165) is 29.7 Å². The smallest absolute Gasteiger partial charge is 0.224 e. The zero-order valence-corrected chi connectivity index (χ0v) is 22.7. The lowest BCUT2D eigenvalue weighted by atomic mass is 10.1. The van der Waals surface area contributed by atoms with Crippen LogP contribution in [-0.2, 0) is 0 Å². The van der Waals surface area contributed by atoms with Crippen LogP contribution < -0.4 is 25.2 Å². The van der Waals surface area contributed by atoms with Gasteiger partial charge in [0, 0.05) is 64.6 Å². The van der Waals surface area contributed by atoms with Crippen LogP contribution in [0.15, 0.2) is 54.3 Å². The third kappa shape index (κ3) is 9.84. The van der Waals surface area contributed by atoms with Crippen LogP contribution in [0.4, 0.5) is 21.8 Å². The molecule has 0 aliphatic carbocycles. The number of likely N-dealkylation sites (N-methyl/N-ethyl adjacent to an activating group) is 2. The summed E-state index contributed by atoms with van der Waals surface area (Å²) >= 11 is 0. The molecule has 1 aromatic carbocycles. The molecule has 0 radical (unpaired) electrons. The van der Waals surface area contributed by atoms with Crippen LogP contribution in [0.5, 0.6) is 5.75 Å². The molecule has 0 aliphatic rings. The van der Waals surface area contributed by atoms with E-state index in [2.05, 4.69) is 25.5 Å². The number of nitrogens with one attached hydrogen (secondary N) is 2. The number of allylic oxidation sites excluding steroid dienone is 3. The lowest BCUT2D eigenvalue weighted by Crippen LogP contribution is -2.32. The van der Waals surface area contributed by atoms with Gasteiger partial charge in [0.15, 0.2) is 6.29 Å². The summed E-state index contributed by atoms with van der Waals surface area (Å²) in [4.78, 5) is 24.3. The van der Waals surface area contributed by atoms with E-state index in [1.54, 1.807) is 6.20 Å². The zero-order chi connectivity index (χ0) is 27.0. The lowest BCUT2D eigenvalue weighted by molar-refractivity contribution is 0.112. The molecule has 1 atom stereocenters. The Kier molecular flexibility index (Phi) is 13.1. The minimum atomic E-state index is -0.382. The number of carbonyl (C=O) groups is 1. The molecule has 0 bridgehead atoms. The molecular weight excluding hydrogens is 471 g/mol. The van der Waals surface area contributed by atoms with Gasteiger partial charge in [-0.3, -0.25) is 4.79 Å². The van der Waals surface area contributed by atoms with Gasteiger partial charge in [0.05, 0.1) is 5.56 Å². The van der Waals surface area contributed by atoms with Gasteiger partial charge in [0.1, 0.15) is 24.3 Å². The Hall–Kier alpha value is -3.46. The molecule has 0 saturated heterocycles. The molecule has 2 aromatic rings. The van der Waals surface area contributed by atoms with Gasteiger partial charge < -0.3 is 25.2 Å². The van der Waals surface area contributed by atoms with Crippen LogP contribution >= 0.6 is 0 Å². The molecule has 202 valence electrons. The Morgan fingerprint density at radius 1 is 1.22 bits per heavy atom. The van der Waals surface area contributed by atoms with Crippen molar-refractivity contribution < 1.29 is 13.9 Å². The quantitative estimate of drug-likeness (QED) is 0.182. The van der Waals surface area contributed by atoms with Gasteiger partial charge in [-0.05, 0) is 45.0 Å². The number of hydrogen-bond acceptors (Lipinski definition) is 8. The summed E-state index contributed by atoms with van der Waals surface area (Å²) in [7, 11) is 3.94. The molecule has 0 saturated carbocycles. The van der Waals surface area contributed by atoms with E-state index >= 15 is 0 Å². The number of aldehydes is 1. The summed E-state index contributed by atoms with van der Waals surface area (Å²) in [5.74, 6) is 1.87. The van der Waals surface area contributed by atoms with Crippen molar-refractivity contribution in [2.24, 2.45) is 0 Å². The van der Waals surface area contributed by atoms with Gasteiger partial charge in [-0.15, -0.1) is 0 Å². The molecule has 2 N–H and O–H groups in total. The fraction of sp³-hybridized carbons (Fsp3) is 0.464. The number of halogens is 1. The van der Waals surface area contributed by atoms with Crippen LogP contribution in [-0.4, -0.2) is 75.9 Å². The van der Waals surface area contributed by atoms with Crippen LogP contribution in [0, 0.1) is 0 Å². The number of anilines is 3. The maximum absolute atomic E-state index is 12.5. The van der Waals surface area contributed by atoms with Gasteiger partial charge in [-0.2, -0.15) is 4.98 Å². The average Bonchev–Trinajstić information content (AvgIpc) is 2.92. The highest BCUT2D eigenvalue weighted by Gasteiger charge is 2.15. The minimum Gasteiger partial charge on any atom is -0.486 e. The van der Waals surface area contributed by atoms with Crippen molar-refractivity contribution >= 4 is 23.7 Å². The first-order chi connectivity index (χ1) is 17.9. The van der Waals surface area contributed by atoms with Crippen molar-refractivity contribution in [1.82, 2.24) is 15.3 Å². The molecule has 1 unspecified atom stereocenters. The highest BCUT2D eigenvalue weighted by Crippen LogP contribution is 2.24. The standard InChI is InChI=1S/C28H41FN6O2/c1-6-8-10-22(3)26(13-15-30-16-14-29)37-25-12-9-11-24(19-25)34(4)17-18-35(5)27-23(21-36)20-32-28(33-27)31-7-2/h6,8-12,19-21,26,30H,7,13-18H2,1-5H3,(H,31,32,33)/b8-6-,22-10+. The van der Waals surface area contributed by atoms with Gasteiger partial charge in [-0.25, -0.2) is 9.37 Å². The van der Waals surface area contributed by atoms with E-state index in [-0.39, 0.29) is 12.8 Å². The maximum Gasteiger partial charge on any atom is 0.224 e. The van der Waals surface area contributed by atoms with E-state index in [4.69, 9.17) is 4.74 Å². The predicted octanol–water partition coefficient (Wildman–Crippen LogP) is 4.51. The number of carbonyl (C=O) groups excluding carboxylic acids is 1. The van der Waals surface area contributed by atoms with Gasteiger partial charge in [0.2, 0.25) is 5.95 Å². The second-order valence-electron chi connectivity index (χ2n) is 8.73. The second kappa shape index (κ2) is 16.3. The molecule has 2 rings (SSSR count). The van der Waals surface area contributed by atoms with Gasteiger partial charge in [-0.1, -0.05) is 24.3 Å². The Bertz CT molecular complexity index is 1030. The van der Waals surface area contributed by atoms with Crippen molar-refractivity contribution in [1.29, 1.82) is 0 Å². The minimum absolute atomic E-state index is 0.125. The Morgan fingerprint density at radius 3 is 2.70 bits per heavy atom. The molecule has 1 aromatic heterocycles. The first-order valence-corrected chi connectivity index (χ1v) is 12.7. The number of nitrogens with zero attached hydrogens (tertiary/aromatic N) is 4. The van der Waals surface area contributed by atoms with Crippen LogP contribution in [0.1, 0.15) is 37.6 Å². The van der Waals surface area contributed by atoms with Crippen molar-refractivity contribution in [2.45, 2.75) is 33.3 Å².